The normalized spacial score (nSPS) is 8.23. The van der Waals surface area contributed by atoms with Crippen LogP contribution < -0.4 is 5.56 Å². The van der Waals surface area contributed by atoms with Gasteiger partial charge in [-0.05, 0) is 6.07 Å². The maximum Gasteiger partial charge on any atom is 0.358 e. The summed E-state index contributed by atoms with van der Waals surface area (Å²) >= 11 is 0. The zero-order chi connectivity index (χ0) is 10.3. The second-order valence-corrected chi connectivity index (χ2v) is 1.80. The monoisotopic (exact) mass is 184 g/mol. The van der Waals surface area contributed by atoms with Gasteiger partial charge in [0.15, 0.2) is 5.69 Å². The first kappa shape index (κ1) is 11.4. The third kappa shape index (κ3) is 3.50. The number of rotatable bonds is 1. The van der Waals surface area contributed by atoms with Crippen LogP contribution in [-0.2, 0) is 4.74 Å². The second kappa shape index (κ2) is 5.93. The predicted octanol–water partition coefficient (Wildman–Crippen LogP) is 0.583. The van der Waals surface area contributed by atoms with Crippen LogP contribution in [0, 0.1) is 0 Å². The van der Waals surface area contributed by atoms with Gasteiger partial charge in [0.2, 0.25) is 0 Å². The molecule has 1 N–H and O–H groups in total. The number of aromatic nitrogens is 2. The molecule has 0 aliphatic carbocycles. The largest absolute Gasteiger partial charge is 0.464 e. The Morgan fingerprint density at radius 3 is 2.46 bits per heavy atom. The summed E-state index contributed by atoms with van der Waals surface area (Å²) in [5.41, 5.74) is -0.259. The summed E-state index contributed by atoms with van der Waals surface area (Å²) in [6.07, 6.45) is 0. The predicted molar refractivity (Wildman–Crippen MR) is 47.5 cm³/mol. The number of hydrogen-bond donors (Lipinski definition) is 1. The molecule has 72 valence electrons. The maximum absolute atomic E-state index is 10.7. The molecule has 0 amide bonds. The number of methoxy groups -OCH3 is 1. The molecule has 0 atom stereocenters. The van der Waals surface area contributed by atoms with Crippen LogP contribution >= 0.6 is 0 Å². The van der Waals surface area contributed by atoms with Gasteiger partial charge in [-0.15, -0.1) is 0 Å². The Morgan fingerprint density at radius 1 is 1.46 bits per heavy atom. The van der Waals surface area contributed by atoms with Crippen molar-refractivity contribution in [2.24, 2.45) is 0 Å². The quantitative estimate of drug-likeness (QED) is 0.648. The summed E-state index contributed by atoms with van der Waals surface area (Å²) in [6.45, 7) is 4.00. The van der Waals surface area contributed by atoms with Gasteiger partial charge in [0, 0.05) is 6.07 Å². The summed E-state index contributed by atoms with van der Waals surface area (Å²) in [5, 5.41) is 5.55. The number of carbonyl (C=O) groups excluding carboxylic acids is 1. The lowest BCUT2D eigenvalue weighted by atomic mass is 10.4. The minimum Gasteiger partial charge on any atom is -0.464 e. The molecule has 1 heterocycles. The number of carbonyl (C=O) groups is 1. The van der Waals surface area contributed by atoms with Crippen molar-refractivity contribution in [1.82, 2.24) is 10.2 Å². The number of H-pyrrole nitrogens is 1. The lowest BCUT2D eigenvalue weighted by molar-refractivity contribution is 0.0592. The molecule has 0 spiro atoms. The van der Waals surface area contributed by atoms with Crippen molar-refractivity contribution < 1.29 is 9.53 Å². The fourth-order valence-electron chi connectivity index (χ4n) is 0.563. The van der Waals surface area contributed by atoms with Crippen molar-refractivity contribution in [3.05, 3.63) is 28.2 Å². The second-order valence-electron chi connectivity index (χ2n) is 1.80. The third-order valence-corrected chi connectivity index (χ3v) is 1.07. The van der Waals surface area contributed by atoms with Crippen LogP contribution in [0.3, 0.4) is 0 Å². The minimum atomic E-state index is -0.568. The number of hydrogen-bond acceptors (Lipinski definition) is 4. The number of aromatic amines is 1. The molecule has 0 aliphatic rings. The van der Waals surface area contributed by atoms with Crippen LogP contribution in [-0.4, -0.2) is 23.3 Å². The molecule has 1 aromatic heterocycles. The first-order chi connectivity index (χ1) is 6.24. The summed E-state index contributed by atoms with van der Waals surface area (Å²) in [5.74, 6) is -0.568. The summed E-state index contributed by atoms with van der Waals surface area (Å²) < 4.78 is 4.35. The minimum absolute atomic E-state index is 0.0899. The molecule has 0 aromatic carbocycles. The highest BCUT2D eigenvalue weighted by atomic mass is 16.5. The number of nitrogens with zero attached hydrogens (tertiary/aromatic N) is 1. The fourth-order valence-corrected chi connectivity index (χ4v) is 0.563. The van der Waals surface area contributed by atoms with E-state index in [1.165, 1.54) is 19.2 Å². The van der Waals surface area contributed by atoms with Crippen LogP contribution in [0.1, 0.15) is 24.3 Å². The van der Waals surface area contributed by atoms with E-state index in [1.807, 2.05) is 13.8 Å². The molecular weight excluding hydrogens is 172 g/mol. The van der Waals surface area contributed by atoms with Crippen molar-refractivity contribution >= 4 is 5.97 Å². The SMILES string of the molecule is CC.COC(=O)c1ccc(=O)[nH]n1. The molecule has 0 radical (unpaired) electrons. The van der Waals surface area contributed by atoms with E-state index in [0.717, 1.165) is 0 Å². The summed E-state index contributed by atoms with van der Waals surface area (Å²) in [4.78, 5) is 21.2. The van der Waals surface area contributed by atoms with Crippen LogP contribution in [0.5, 0.6) is 0 Å². The van der Waals surface area contributed by atoms with Crippen LogP contribution in [0.2, 0.25) is 0 Å². The van der Waals surface area contributed by atoms with E-state index in [0.29, 0.717) is 0 Å². The first-order valence-corrected chi connectivity index (χ1v) is 3.88. The molecule has 0 bridgehead atoms. The van der Waals surface area contributed by atoms with E-state index in [2.05, 4.69) is 14.9 Å². The molecule has 0 aliphatic heterocycles. The standard InChI is InChI=1S/C6H6N2O3.C2H6/c1-11-6(10)4-2-3-5(9)8-7-4;1-2/h2-3H,1H3,(H,8,9);1-2H3. The smallest absolute Gasteiger partial charge is 0.358 e. The van der Waals surface area contributed by atoms with Crippen molar-refractivity contribution in [3.8, 4) is 0 Å². The molecule has 0 fully saturated rings. The van der Waals surface area contributed by atoms with Crippen LogP contribution in [0.4, 0.5) is 0 Å². The van der Waals surface area contributed by atoms with E-state index in [-0.39, 0.29) is 11.3 Å². The van der Waals surface area contributed by atoms with Gasteiger partial charge in [0.05, 0.1) is 7.11 Å². The lowest BCUT2D eigenvalue weighted by Gasteiger charge is -1.94. The van der Waals surface area contributed by atoms with Gasteiger partial charge in [-0.25, -0.2) is 9.89 Å². The average molecular weight is 184 g/mol. The molecule has 1 rings (SSSR count). The Bertz CT molecular complexity index is 299. The van der Waals surface area contributed by atoms with E-state index < -0.39 is 5.97 Å². The zero-order valence-corrected chi connectivity index (χ0v) is 7.83. The molecule has 0 unspecified atom stereocenters. The van der Waals surface area contributed by atoms with Crippen LogP contribution in [0.25, 0.3) is 0 Å². The van der Waals surface area contributed by atoms with Crippen molar-refractivity contribution in [2.45, 2.75) is 13.8 Å². The molecule has 5 nitrogen and oxygen atoms in total. The Balaban J connectivity index is 0.000000671. The number of ether oxygens (including phenoxy) is 1. The van der Waals surface area contributed by atoms with Gasteiger partial charge in [-0.3, -0.25) is 4.79 Å². The van der Waals surface area contributed by atoms with Gasteiger partial charge in [-0.2, -0.15) is 5.10 Å². The Hall–Kier alpha value is -1.65. The molecule has 13 heavy (non-hydrogen) atoms. The Kier molecular flexibility index (Phi) is 5.18. The van der Waals surface area contributed by atoms with Gasteiger partial charge in [0.1, 0.15) is 0 Å². The van der Waals surface area contributed by atoms with E-state index in [1.54, 1.807) is 0 Å². The van der Waals surface area contributed by atoms with E-state index in [4.69, 9.17) is 0 Å². The van der Waals surface area contributed by atoms with Crippen molar-refractivity contribution in [3.63, 3.8) is 0 Å². The molecule has 0 saturated carbocycles. The number of nitrogens with one attached hydrogen (secondary N) is 1. The molecule has 0 saturated heterocycles. The Morgan fingerprint density at radius 2 is 2.08 bits per heavy atom. The van der Waals surface area contributed by atoms with E-state index >= 15 is 0 Å². The summed E-state index contributed by atoms with van der Waals surface area (Å²) in [7, 11) is 1.25. The first-order valence-electron chi connectivity index (χ1n) is 3.88. The fraction of sp³-hybridized carbons (Fsp3) is 0.375. The maximum atomic E-state index is 10.7. The lowest BCUT2D eigenvalue weighted by Crippen LogP contribution is -2.12. The highest BCUT2D eigenvalue weighted by molar-refractivity contribution is 5.86. The average Bonchev–Trinajstić information content (AvgIpc) is 2.21. The molecule has 1 aromatic rings. The molecule has 5 heteroatoms. The highest BCUT2D eigenvalue weighted by Gasteiger charge is 2.04. The zero-order valence-electron chi connectivity index (χ0n) is 7.83. The third-order valence-electron chi connectivity index (χ3n) is 1.07. The van der Waals surface area contributed by atoms with Gasteiger partial charge in [0.25, 0.3) is 5.56 Å². The van der Waals surface area contributed by atoms with Gasteiger partial charge < -0.3 is 4.74 Å². The molecular formula is C8H12N2O3. The van der Waals surface area contributed by atoms with Crippen LogP contribution in [0.15, 0.2) is 16.9 Å². The highest BCUT2D eigenvalue weighted by Crippen LogP contribution is 1.89. The Labute approximate surface area is 75.7 Å². The van der Waals surface area contributed by atoms with Crippen molar-refractivity contribution in [2.75, 3.05) is 7.11 Å². The number of esters is 1. The van der Waals surface area contributed by atoms with Gasteiger partial charge in [-0.1, -0.05) is 13.8 Å². The van der Waals surface area contributed by atoms with Gasteiger partial charge >= 0.3 is 5.97 Å². The topological polar surface area (TPSA) is 72.1 Å². The summed E-state index contributed by atoms with van der Waals surface area (Å²) in [6, 6.07) is 2.50. The van der Waals surface area contributed by atoms with E-state index in [9.17, 15) is 9.59 Å². The van der Waals surface area contributed by atoms with Crippen molar-refractivity contribution in [1.29, 1.82) is 0 Å².